The van der Waals surface area contributed by atoms with E-state index in [1.165, 1.54) is 18.4 Å². The van der Waals surface area contributed by atoms with Crippen LogP contribution >= 0.6 is 12.4 Å². The fourth-order valence-electron chi connectivity index (χ4n) is 6.99. The van der Waals surface area contributed by atoms with Crippen LogP contribution in [0.1, 0.15) is 55.6 Å². The van der Waals surface area contributed by atoms with Gasteiger partial charge in [-0.25, -0.2) is 0 Å². The Hall–Kier alpha value is -2.57. The maximum absolute atomic E-state index is 13.5. The number of amides is 2. The maximum atomic E-state index is 13.5. The van der Waals surface area contributed by atoms with Gasteiger partial charge < -0.3 is 19.4 Å². The van der Waals surface area contributed by atoms with Gasteiger partial charge in [0.05, 0.1) is 12.5 Å². The van der Waals surface area contributed by atoms with Crippen molar-refractivity contribution >= 4 is 24.2 Å². The van der Waals surface area contributed by atoms with Gasteiger partial charge in [-0.05, 0) is 80.3 Å². The van der Waals surface area contributed by atoms with Crippen LogP contribution in [0.3, 0.4) is 0 Å². The molecule has 210 valence electrons. The van der Waals surface area contributed by atoms with Crippen molar-refractivity contribution < 1.29 is 14.3 Å². The Balaban J connectivity index is 0.00000308. The summed E-state index contributed by atoms with van der Waals surface area (Å²) in [6, 6.07) is 18.8. The number of hydrogen-bond donors (Lipinski definition) is 0. The number of rotatable bonds is 8. The summed E-state index contributed by atoms with van der Waals surface area (Å²) in [7, 11) is 1.67. The largest absolute Gasteiger partial charge is 0.497 e. The third-order valence-corrected chi connectivity index (χ3v) is 9.62. The van der Waals surface area contributed by atoms with Crippen LogP contribution in [0.2, 0.25) is 0 Å². The molecule has 3 saturated heterocycles. The van der Waals surface area contributed by atoms with E-state index < -0.39 is 0 Å². The number of piperidine rings is 1. The molecule has 0 N–H and O–H groups in total. The molecule has 2 aromatic rings. The summed E-state index contributed by atoms with van der Waals surface area (Å²) in [5.74, 6) is 3.00. The molecule has 0 unspecified atom stereocenters. The number of benzene rings is 2. The summed E-state index contributed by atoms with van der Waals surface area (Å²) in [6.07, 6.45) is 6.02. The van der Waals surface area contributed by atoms with Crippen LogP contribution < -0.4 is 4.74 Å². The molecular weight excluding hydrogens is 510 g/mol. The average molecular weight is 552 g/mol. The SMILES string of the molecule is COc1ccc(CN2CCC3(CCN(C[C@H]4CN(C(=O)CC5CC5)C[C@@H]4c4ccccc4)CC3)C2=O)cc1.Cl. The number of likely N-dealkylation sites (tertiary alicyclic amines) is 3. The molecule has 2 amide bonds. The first-order chi connectivity index (χ1) is 18.5. The predicted octanol–water partition coefficient (Wildman–Crippen LogP) is 4.97. The topological polar surface area (TPSA) is 53.1 Å². The van der Waals surface area contributed by atoms with Crippen LogP contribution in [0.25, 0.3) is 0 Å². The van der Waals surface area contributed by atoms with Gasteiger partial charge in [-0.2, -0.15) is 0 Å². The van der Waals surface area contributed by atoms with Crippen LogP contribution in [0, 0.1) is 17.3 Å². The molecule has 1 spiro atoms. The number of nitrogens with zero attached hydrogens (tertiary/aromatic N) is 3. The summed E-state index contributed by atoms with van der Waals surface area (Å²) in [4.78, 5) is 33.3. The van der Waals surface area contributed by atoms with Crippen LogP contribution in [-0.4, -0.2) is 72.9 Å². The van der Waals surface area contributed by atoms with Crippen LogP contribution in [0.15, 0.2) is 54.6 Å². The minimum absolute atomic E-state index is 0. The van der Waals surface area contributed by atoms with Crippen molar-refractivity contribution in [1.29, 1.82) is 0 Å². The minimum Gasteiger partial charge on any atom is -0.497 e. The van der Waals surface area contributed by atoms with E-state index in [1.807, 2.05) is 12.1 Å². The molecule has 1 aliphatic carbocycles. The molecule has 39 heavy (non-hydrogen) atoms. The molecule has 0 radical (unpaired) electrons. The molecular formula is C32H42ClN3O3. The number of hydrogen-bond acceptors (Lipinski definition) is 4. The number of ether oxygens (including phenoxy) is 1. The van der Waals surface area contributed by atoms with E-state index in [0.29, 0.717) is 36.1 Å². The first-order valence-electron chi connectivity index (χ1n) is 14.5. The van der Waals surface area contributed by atoms with Gasteiger partial charge >= 0.3 is 0 Å². The number of carbonyl (C=O) groups is 2. The smallest absolute Gasteiger partial charge is 0.229 e. The van der Waals surface area contributed by atoms with Gasteiger partial charge in [0, 0.05) is 45.1 Å². The monoisotopic (exact) mass is 551 g/mol. The Bertz CT molecular complexity index is 1130. The molecule has 2 aromatic carbocycles. The van der Waals surface area contributed by atoms with Gasteiger partial charge in [0.2, 0.25) is 11.8 Å². The fourth-order valence-corrected chi connectivity index (χ4v) is 6.99. The molecule has 7 heteroatoms. The van der Waals surface area contributed by atoms with Crippen molar-refractivity contribution in [2.45, 2.75) is 51.0 Å². The van der Waals surface area contributed by atoms with E-state index in [-0.39, 0.29) is 17.8 Å². The first kappa shape index (κ1) is 28.0. The predicted molar refractivity (Wildman–Crippen MR) is 155 cm³/mol. The molecule has 6 nitrogen and oxygen atoms in total. The third kappa shape index (κ3) is 6.12. The normalized spacial score (nSPS) is 24.7. The second kappa shape index (κ2) is 11.9. The number of halogens is 1. The Morgan fingerprint density at radius 2 is 1.64 bits per heavy atom. The van der Waals surface area contributed by atoms with E-state index in [2.05, 4.69) is 57.2 Å². The van der Waals surface area contributed by atoms with Crippen molar-refractivity contribution in [3.05, 3.63) is 65.7 Å². The lowest BCUT2D eigenvalue weighted by molar-refractivity contribution is -0.139. The van der Waals surface area contributed by atoms with Gasteiger partial charge in [-0.1, -0.05) is 42.5 Å². The van der Waals surface area contributed by atoms with Gasteiger partial charge in [-0.15, -0.1) is 12.4 Å². The lowest BCUT2D eigenvalue weighted by Crippen LogP contribution is -2.46. The number of methoxy groups -OCH3 is 1. The van der Waals surface area contributed by atoms with E-state index >= 15 is 0 Å². The summed E-state index contributed by atoms with van der Waals surface area (Å²) < 4.78 is 5.27. The van der Waals surface area contributed by atoms with Gasteiger partial charge in [0.15, 0.2) is 0 Å². The average Bonchev–Trinajstić information content (AvgIpc) is 3.60. The highest BCUT2D eigenvalue weighted by atomic mass is 35.5. The molecule has 0 bridgehead atoms. The lowest BCUT2D eigenvalue weighted by Gasteiger charge is -2.39. The summed E-state index contributed by atoms with van der Waals surface area (Å²) in [5, 5.41) is 0. The van der Waals surface area contributed by atoms with E-state index in [9.17, 15) is 9.59 Å². The second-order valence-electron chi connectivity index (χ2n) is 12.1. The molecule has 3 heterocycles. The Labute approximate surface area is 239 Å². The Kier molecular flexibility index (Phi) is 8.53. The quantitative estimate of drug-likeness (QED) is 0.465. The van der Waals surface area contributed by atoms with Crippen molar-refractivity contribution in [2.24, 2.45) is 17.3 Å². The van der Waals surface area contributed by atoms with E-state index in [4.69, 9.17) is 4.74 Å². The van der Waals surface area contributed by atoms with Gasteiger partial charge in [0.1, 0.15) is 5.75 Å². The molecule has 3 aliphatic heterocycles. The second-order valence-corrected chi connectivity index (χ2v) is 12.1. The standard InChI is InChI=1S/C32H41N3O3.ClH/c1-38-28-11-9-25(10-12-28)20-34-18-15-32(31(34)37)13-16-33(17-14-32)21-27-22-35(30(36)19-24-7-8-24)23-29(27)26-5-3-2-4-6-26;/h2-6,9-12,24,27,29H,7-8,13-23H2,1H3;1H/t27-,29+;/m0./s1. The molecule has 0 aromatic heterocycles. The maximum Gasteiger partial charge on any atom is 0.229 e. The zero-order valence-corrected chi connectivity index (χ0v) is 23.9. The highest BCUT2D eigenvalue weighted by Crippen LogP contribution is 2.43. The highest BCUT2D eigenvalue weighted by Gasteiger charge is 2.48. The Morgan fingerprint density at radius 1 is 0.949 bits per heavy atom. The summed E-state index contributed by atoms with van der Waals surface area (Å²) in [5.41, 5.74) is 2.32. The van der Waals surface area contributed by atoms with Crippen molar-refractivity contribution in [3.8, 4) is 5.75 Å². The lowest BCUT2D eigenvalue weighted by atomic mass is 9.76. The van der Waals surface area contributed by atoms with Gasteiger partial charge in [0.25, 0.3) is 0 Å². The van der Waals surface area contributed by atoms with Crippen LogP contribution in [-0.2, 0) is 16.1 Å². The molecule has 6 rings (SSSR count). The molecule has 1 saturated carbocycles. The number of carbonyl (C=O) groups excluding carboxylic acids is 2. The van der Waals surface area contributed by atoms with E-state index in [1.54, 1.807) is 7.11 Å². The summed E-state index contributed by atoms with van der Waals surface area (Å²) in [6.45, 7) is 6.18. The summed E-state index contributed by atoms with van der Waals surface area (Å²) >= 11 is 0. The zero-order chi connectivity index (χ0) is 26.1. The third-order valence-electron chi connectivity index (χ3n) is 9.62. The zero-order valence-electron chi connectivity index (χ0n) is 23.1. The Morgan fingerprint density at radius 3 is 2.31 bits per heavy atom. The van der Waals surface area contributed by atoms with Crippen LogP contribution in [0.5, 0.6) is 5.75 Å². The molecule has 4 fully saturated rings. The fraction of sp³-hybridized carbons (Fsp3) is 0.562. The highest BCUT2D eigenvalue weighted by molar-refractivity contribution is 5.85. The minimum atomic E-state index is -0.191. The van der Waals surface area contributed by atoms with Crippen molar-refractivity contribution in [3.63, 3.8) is 0 Å². The molecule has 4 aliphatic rings. The van der Waals surface area contributed by atoms with Gasteiger partial charge in [-0.3, -0.25) is 9.59 Å². The van der Waals surface area contributed by atoms with Crippen LogP contribution in [0.4, 0.5) is 0 Å². The van der Waals surface area contributed by atoms with Crippen molar-refractivity contribution in [1.82, 2.24) is 14.7 Å². The molecule has 2 atom stereocenters. The van der Waals surface area contributed by atoms with E-state index in [0.717, 1.165) is 76.3 Å². The first-order valence-corrected chi connectivity index (χ1v) is 14.5. The van der Waals surface area contributed by atoms with Crippen molar-refractivity contribution in [2.75, 3.05) is 46.4 Å².